The van der Waals surface area contributed by atoms with Crippen molar-refractivity contribution in [1.29, 1.82) is 0 Å². The van der Waals surface area contributed by atoms with Crippen molar-refractivity contribution >= 4 is 23.0 Å². The lowest BCUT2D eigenvalue weighted by molar-refractivity contribution is -0.122. The Morgan fingerprint density at radius 2 is 1.37 bits per heavy atom. The van der Waals surface area contributed by atoms with E-state index in [1.165, 1.54) is 42.8 Å². The van der Waals surface area contributed by atoms with Gasteiger partial charge in [-0.05, 0) is 158 Å². The van der Waals surface area contributed by atoms with Crippen LogP contribution in [0.4, 0.5) is 5.69 Å². The van der Waals surface area contributed by atoms with Gasteiger partial charge in [0.15, 0.2) is 0 Å². The van der Waals surface area contributed by atoms with Crippen LogP contribution < -0.4 is 10.2 Å². The summed E-state index contributed by atoms with van der Waals surface area (Å²) < 4.78 is 4.31. The van der Waals surface area contributed by atoms with Crippen LogP contribution in [0.2, 0.25) is 0 Å². The van der Waals surface area contributed by atoms with Gasteiger partial charge in [-0.25, -0.2) is 4.98 Å². The molecule has 63 heavy (non-hydrogen) atoms. The number of anilines is 1. The first-order valence-electron chi connectivity index (χ1n) is 23.0. The van der Waals surface area contributed by atoms with Crippen LogP contribution in [-0.4, -0.2) is 153 Å². The number of likely N-dealkylation sites (N-methyl/N-ethyl adjacent to an activating group) is 1. The predicted molar refractivity (Wildman–Crippen MR) is 251 cm³/mol. The Bertz CT molecular complexity index is 2120. The first-order chi connectivity index (χ1) is 30.4. The molecule has 342 valence electrons. The van der Waals surface area contributed by atoms with Crippen molar-refractivity contribution in [2.75, 3.05) is 86.0 Å². The monoisotopic (exact) mass is 864 g/mol. The smallest absolute Gasteiger partial charge is 0.231 e. The molecule has 0 radical (unpaired) electrons. The van der Waals surface area contributed by atoms with Gasteiger partial charge < -0.3 is 38.8 Å². The number of imidazole rings is 1. The maximum atomic E-state index is 12.1. The number of likely N-dealkylation sites (tertiary alicyclic amines) is 3. The quantitative estimate of drug-likeness (QED) is 0.241. The number of rotatable bonds is 5. The molecule has 3 fully saturated rings. The zero-order chi connectivity index (χ0) is 44.9. The minimum absolute atomic E-state index is 0.278. The number of aromatic amines is 1. The molecule has 5 aliphatic heterocycles. The van der Waals surface area contributed by atoms with Gasteiger partial charge in [0, 0.05) is 73.4 Å². The van der Waals surface area contributed by atoms with Crippen molar-refractivity contribution in [3.8, 4) is 0 Å². The fourth-order valence-electron chi connectivity index (χ4n) is 9.22. The SMILES string of the molecule is CC(=O)C1CCN(C)CC1.CN1CCC(N2C(=O)Cc3ccccc32)CC1.CN1CCc2[nH]ncc2C1.CNCc1cn2ccccc2n1.Cc1nnc(C)n1C1CCN(C)CC1. The number of hydrogen-bond donors (Lipinski definition) is 2. The minimum Gasteiger partial charge on any atom is -0.314 e. The average Bonchev–Trinajstić information content (AvgIpc) is 4.07. The standard InChI is InChI=1S/C14H18N2O.C10H18N4.C9H11N3.C8H15NO.C7H11N3/c1-15-8-6-12(7-9-15)16-13-5-3-2-4-11(13)10-14(16)17;1-8-11-12-9(2)14(8)10-4-6-13(3)7-5-10;1-10-6-8-7-12-5-3-2-4-9(12)11-8;1-7(10)8-3-5-9(2)6-4-8;1-10-3-2-7-6(5-10)4-8-9-7/h2-5,12H,6-10H2,1H3;10H,4-7H2,1-3H3;2-5,7,10H,6H2,1H3;8H,3-6H2,1-2H3;4H,2-3,5H2,1H3,(H,8,9). The highest BCUT2D eigenvalue weighted by Gasteiger charge is 2.34. The number of hydrogen-bond acceptors (Lipinski definition) is 11. The molecule has 2 N–H and O–H groups in total. The number of carbonyl (C=O) groups is 2. The summed E-state index contributed by atoms with van der Waals surface area (Å²) in [4.78, 5) is 38.8. The van der Waals surface area contributed by atoms with E-state index in [2.05, 4.69) is 95.2 Å². The third-order valence-electron chi connectivity index (χ3n) is 13.1. The van der Waals surface area contributed by atoms with Crippen molar-refractivity contribution in [3.63, 3.8) is 0 Å². The summed E-state index contributed by atoms with van der Waals surface area (Å²) in [5, 5.41) is 18.3. The second-order valence-electron chi connectivity index (χ2n) is 18.1. The number of para-hydroxylation sites is 1. The first-order valence-corrected chi connectivity index (χ1v) is 23.0. The second-order valence-corrected chi connectivity index (χ2v) is 18.1. The zero-order valence-electron chi connectivity index (χ0n) is 39.3. The highest BCUT2D eigenvalue weighted by Crippen LogP contribution is 2.33. The highest BCUT2D eigenvalue weighted by atomic mass is 16.2. The molecule has 1 amide bonds. The van der Waals surface area contributed by atoms with Crippen LogP contribution in [0.15, 0.2) is 61.1 Å². The van der Waals surface area contributed by atoms with Gasteiger partial charge in [0.1, 0.15) is 23.1 Å². The van der Waals surface area contributed by atoms with Crippen LogP contribution in [0.1, 0.15) is 85.7 Å². The largest absolute Gasteiger partial charge is 0.314 e. The number of aromatic nitrogens is 7. The van der Waals surface area contributed by atoms with E-state index in [1.807, 2.05) is 79.1 Å². The van der Waals surface area contributed by atoms with Crippen LogP contribution in [0, 0.1) is 19.8 Å². The number of nitrogens with one attached hydrogen (secondary N) is 2. The van der Waals surface area contributed by atoms with Gasteiger partial charge in [0.25, 0.3) is 0 Å². The fourth-order valence-corrected chi connectivity index (χ4v) is 9.22. The maximum Gasteiger partial charge on any atom is 0.231 e. The number of Topliss-reactive ketones (excluding diaryl/α,β-unsaturated/α-hetero) is 1. The fraction of sp³-hybridized carbons (Fsp3) is 0.583. The van der Waals surface area contributed by atoms with E-state index in [0.29, 0.717) is 30.2 Å². The van der Waals surface area contributed by atoms with Gasteiger partial charge in [0.2, 0.25) is 5.91 Å². The summed E-state index contributed by atoms with van der Waals surface area (Å²) in [6, 6.07) is 15.2. The number of H-pyrrole nitrogens is 1. The van der Waals surface area contributed by atoms with Crippen molar-refractivity contribution in [1.82, 2.24) is 59.3 Å². The third-order valence-corrected chi connectivity index (χ3v) is 13.1. The third kappa shape index (κ3) is 13.4. The van der Waals surface area contributed by atoms with Crippen molar-refractivity contribution in [2.24, 2.45) is 5.92 Å². The Labute approximate surface area is 375 Å². The molecule has 0 unspecified atom stereocenters. The zero-order valence-corrected chi connectivity index (χ0v) is 39.3. The molecule has 0 spiro atoms. The van der Waals surface area contributed by atoms with E-state index in [0.717, 1.165) is 107 Å². The summed E-state index contributed by atoms with van der Waals surface area (Å²) in [5.41, 5.74) is 7.08. The lowest BCUT2D eigenvalue weighted by atomic mass is 9.94. The Hall–Kier alpha value is -4.80. The first kappa shape index (κ1) is 47.7. The number of ketones is 1. The van der Waals surface area contributed by atoms with Crippen LogP contribution in [0.5, 0.6) is 0 Å². The molecule has 15 heteroatoms. The Morgan fingerprint density at radius 1 is 0.762 bits per heavy atom. The Morgan fingerprint density at radius 3 is 1.98 bits per heavy atom. The number of aryl methyl sites for hydroxylation is 2. The minimum atomic E-state index is 0.278. The Kier molecular flexibility index (Phi) is 17.6. The number of pyridine rings is 1. The number of amides is 1. The topological polar surface area (TPSA) is 139 Å². The van der Waals surface area contributed by atoms with E-state index < -0.39 is 0 Å². The molecule has 5 aliphatic rings. The Balaban J connectivity index is 0.000000133. The molecule has 10 rings (SSSR count). The van der Waals surface area contributed by atoms with Crippen LogP contribution in [-0.2, 0) is 35.5 Å². The molecule has 0 atom stereocenters. The van der Waals surface area contributed by atoms with E-state index in [4.69, 9.17) is 0 Å². The van der Waals surface area contributed by atoms with Gasteiger partial charge in [-0.1, -0.05) is 24.3 Å². The van der Waals surface area contributed by atoms with Crippen LogP contribution in [0.25, 0.3) is 5.65 Å². The van der Waals surface area contributed by atoms with Gasteiger partial charge in [-0.2, -0.15) is 5.10 Å². The number of piperidine rings is 3. The summed E-state index contributed by atoms with van der Waals surface area (Å²) in [7, 11) is 10.5. The van der Waals surface area contributed by atoms with Gasteiger partial charge in [-0.3, -0.25) is 14.7 Å². The highest BCUT2D eigenvalue weighted by molar-refractivity contribution is 6.01. The number of nitrogens with zero attached hydrogens (tertiary/aromatic N) is 11. The maximum absolute atomic E-state index is 12.1. The summed E-state index contributed by atoms with van der Waals surface area (Å²) in [6.07, 6.45) is 14.4. The summed E-state index contributed by atoms with van der Waals surface area (Å²) >= 11 is 0. The average molecular weight is 864 g/mol. The van der Waals surface area contributed by atoms with E-state index in [1.54, 1.807) is 6.92 Å². The normalized spacial score (nSPS) is 19.1. The van der Waals surface area contributed by atoms with Crippen LogP contribution in [0.3, 0.4) is 0 Å². The van der Waals surface area contributed by atoms with Crippen molar-refractivity contribution in [3.05, 3.63) is 95.2 Å². The number of benzene rings is 1. The molecule has 0 bridgehead atoms. The van der Waals surface area contributed by atoms with Crippen molar-refractivity contribution in [2.45, 2.75) is 97.3 Å². The molecule has 0 aliphatic carbocycles. The molecule has 5 aromatic rings. The van der Waals surface area contributed by atoms with Gasteiger partial charge >= 0.3 is 0 Å². The van der Waals surface area contributed by atoms with Gasteiger partial charge in [-0.15, -0.1) is 10.2 Å². The molecule has 3 saturated heterocycles. The summed E-state index contributed by atoms with van der Waals surface area (Å²) in [6.45, 7) is 15.5. The molecule has 4 aromatic heterocycles. The van der Waals surface area contributed by atoms with E-state index in [-0.39, 0.29) is 5.91 Å². The molecule has 1 aromatic carbocycles. The van der Waals surface area contributed by atoms with Crippen molar-refractivity contribution < 1.29 is 9.59 Å². The number of carbonyl (C=O) groups excluding carboxylic acids is 2. The number of fused-ring (bicyclic) bond motifs is 3. The predicted octanol–water partition coefficient (Wildman–Crippen LogP) is 5.20. The molecule has 9 heterocycles. The molecule has 0 saturated carbocycles. The molecular formula is C48H73N13O2. The molecular weight excluding hydrogens is 791 g/mol. The van der Waals surface area contributed by atoms with Crippen LogP contribution >= 0.6 is 0 Å². The molecule has 15 nitrogen and oxygen atoms in total. The lowest BCUT2D eigenvalue weighted by Gasteiger charge is -2.35. The van der Waals surface area contributed by atoms with E-state index >= 15 is 0 Å². The van der Waals surface area contributed by atoms with E-state index in [9.17, 15) is 9.59 Å². The van der Waals surface area contributed by atoms with Gasteiger partial charge in [0.05, 0.1) is 18.3 Å². The summed E-state index contributed by atoms with van der Waals surface area (Å²) in [5.74, 6) is 3.11. The second kappa shape index (κ2) is 23.2. The lowest BCUT2D eigenvalue weighted by Crippen LogP contribution is -2.45.